The van der Waals surface area contributed by atoms with Crippen LogP contribution in [0.5, 0.6) is 0 Å². The van der Waals surface area contributed by atoms with E-state index in [1.165, 1.54) is 11.8 Å². The number of Topliss-reactive ketones (excluding diaryl/α,β-unsaturated/α-hetero) is 1. The van der Waals surface area contributed by atoms with Gasteiger partial charge in [0.2, 0.25) is 5.91 Å². The Morgan fingerprint density at radius 2 is 1.52 bits per heavy atom. The van der Waals surface area contributed by atoms with Crippen LogP contribution >= 0.6 is 22.9 Å². The molecular formula is C14H26IN3O3. The van der Waals surface area contributed by atoms with Gasteiger partial charge in [0.05, 0.1) is 22.9 Å². The molecule has 0 spiro atoms. The predicted octanol–water partition coefficient (Wildman–Crippen LogP) is 1.19. The number of likely N-dealkylation sites (N-methyl/N-ethyl adjacent to an activating group) is 2. The van der Waals surface area contributed by atoms with Gasteiger partial charge in [0.15, 0.2) is 0 Å². The molecule has 0 aliphatic heterocycles. The van der Waals surface area contributed by atoms with Crippen molar-refractivity contribution in [2.24, 2.45) is 5.92 Å². The summed E-state index contributed by atoms with van der Waals surface area (Å²) in [6.07, 6.45) is 0.0509. The number of carbonyl (C=O) groups is 3. The summed E-state index contributed by atoms with van der Waals surface area (Å²) in [6.45, 7) is 6.27. The van der Waals surface area contributed by atoms with E-state index in [1.54, 1.807) is 24.0 Å². The van der Waals surface area contributed by atoms with Gasteiger partial charge in [-0.3, -0.25) is 17.5 Å². The van der Waals surface area contributed by atoms with Gasteiger partial charge in [0, 0.05) is 32.5 Å². The summed E-state index contributed by atoms with van der Waals surface area (Å²) in [7, 11) is 5.44. The van der Waals surface area contributed by atoms with E-state index in [-0.39, 0.29) is 29.9 Å². The van der Waals surface area contributed by atoms with Crippen molar-refractivity contribution < 1.29 is 14.4 Å². The lowest BCUT2D eigenvalue weighted by Crippen LogP contribution is -2.49. The number of halogens is 1. The van der Waals surface area contributed by atoms with Gasteiger partial charge in [-0.25, -0.2) is 0 Å². The third-order valence-corrected chi connectivity index (χ3v) is 4.02. The second-order valence-electron chi connectivity index (χ2n) is 5.75. The molecule has 0 fully saturated rings. The molecule has 7 heteroatoms. The number of rotatable bonds is 8. The molecule has 0 heterocycles. The Labute approximate surface area is 141 Å². The van der Waals surface area contributed by atoms with Gasteiger partial charge < -0.3 is 9.80 Å². The highest BCUT2D eigenvalue weighted by Crippen LogP contribution is 2.14. The molecule has 6 nitrogen and oxygen atoms in total. The van der Waals surface area contributed by atoms with Crippen LogP contribution in [0.1, 0.15) is 27.2 Å². The van der Waals surface area contributed by atoms with E-state index in [0.29, 0.717) is 6.54 Å². The van der Waals surface area contributed by atoms with Crippen LogP contribution in [-0.2, 0) is 14.4 Å². The molecule has 2 amide bonds. The van der Waals surface area contributed by atoms with Gasteiger partial charge in [-0.1, -0.05) is 13.8 Å². The monoisotopic (exact) mass is 411 g/mol. The largest absolute Gasteiger partial charge is 0.333 e. The second-order valence-corrected chi connectivity index (χ2v) is 6.92. The van der Waals surface area contributed by atoms with Crippen molar-refractivity contribution in [3.05, 3.63) is 0 Å². The van der Waals surface area contributed by atoms with Crippen LogP contribution in [0, 0.1) is 5.92 Å². The van der Waals surface area contributed by atoms with Gasteiger partial charge in [0.25, 0.3) is 5.91 Å². The first-order valence-corrected chi connectivity index (χ1v) is 7.92. The molecule has 0 unspecified atom stereocenters. The predicted molar refractivity (Wildman–Crippen MR) is 91.0 cm³/mol. The molecule has 0 aliphatic rings. The third-order valence-electron chi connectivity index (χ3n) is 3.06. The number of nitrogens with zero attached hydrogens (tertiary/aromatic N) is 3. The van der Waals surface area contributed by atoms with Crippen molar-refractivity contribution in [2.45, 2.75) is 33.2 Å². The first kappa shape index (κ1) is 20.3. The van der Waals surface area contributed by atoms with Gasteiger partial charge in [-0.15, -0.1) is 0 Å². The molecule has 0 saturated heterocycles. The molecule has 0 N–H and O–H groups in total. The van der Waals surface area contributed by atoms with Gasteiger partial charge >= 0.3 is 0 Å². The Kier molecular flexibility index (Phi) is 9.03. The summed E-state index contributed by atoms with van der Waals surface area (Å²) >= 11 is 1.94. The average molecular weight is 411 g/mol. The summed E-state index contributed by atoms with van der Waals surface area (Å²) in [5, 5.41) is 0. The summed E-state index contributed by atoms with van der Waals surface area (Å²) in [4.78, 5) is 39.4. The highest BCUT2D eigenvalue weighted by molar-refractivity contribution is 14.1. The molecule has 0 radical (unpaired) electrons. The number of hydrogen-bond donors (Lipinski definition) is 0. The molecule has 0 saturated carbocycles. The molecule has 0 aromatic carbocycles. The zero-order valence-electron chi connectivity index (χ0n) is 13.7. The first-order chi connectivity index (χ1) is 9.57. The maximum Gasteiger partial charge on any atom is 0.254 e. The van der Waals surface area contributed by atoms with Crippen LogP contribution in [0.3, 0.4) is 0 Å². The van der Waals surface area contributed by atoms with Crippen LogP contribution in [0.25, 0.3) is 0 Å². The lowest BCUT2D eigenvalue weighted by molar-refractivity contribution is -0.144. The fraction of sp³-hybridized carbons (Fsp3) is 0.786. The van der Waals surface area contributed by atoms with Gasteiger partial charge in [-0.05, 0) is 21.0 Å². The Morgan fingerprint density at radius 1 is 1.00 bits per heavy atom. The molecule has 21 heavy (non-hydrogen) atoms. The summed E-state index contributed by atoms with van der Waals surface area (Å²) in [6, 6.07) is -0.725. The van der Waals surface area contributed by atoms with Crippen LogP contribution < -0.4 is 0 Å². The highest BCUT2D eigenvalue weighted by atomic mass is 127. The van der Waals surface area contributed by atoms with Crippen molar-refractivity contribution in [3.8, 4) is 0 Å². The summed E-state index contributed by atoms with van der Waals surface area (Å²) in [5.74, 6) is -0.646. The molecular weight excluding hydrogens is 385 g/mol. The normalized spacial score (nSPS) is 12.4. The van der Waals surface area contributed by atoms with Crippen LogP contribution in [0.4, 0.5) is 0 Å². The minimum Gasteiger partial charge on any atom is -0.333 e. The molecule has 0 aromatic heterocycles. The van der Waals surface area contributed by atoms with E-state index >= 15 is 0 Å². The number of amides is 2. The zero-order chi connectivity index (χ0) is 16.7. The van der Waals surface area contributed by atoms with E-state index in [1.807, 2.05) is 41.9 Å². The van der Waals surface area contributed by atoms with E-state index in [0.717, 1.165) is 6.54 Å². The summed E-state index contributed by atoms with van der Waals surface area (Å²) < 4.78 is 1.55. The van der Waals surface area contributed by atoms with Crippen LogP contribution in [-0.4, -0.2) is 70.8 Å². The van der Waals surface area contributed by atoms with Crippen molar-refractivity contribution >= 4 is 40.5 Å². The smallest absolute Gasteiger partial charge is 0.254 e. The Bertz CT molecular complexity index is 386. The zero-order valence-corrected chi connectivity index (χ0v) is 15.9. The Balaban J connectivity index is 5.00. The second kappa shape index (κ2) is 9.34. The van der Waals surface area contributed by atoms with E-state index < -0.39 is 6.04 Å². The number of hydrogen-bond acceptors (Lipinski definition) is 4. The minimum atomic E-state index is -0.725. The van der Waals surface area contributed by atoms with Crippen molar-refractivity contribution in [3.63, 3.8) is 0 Å². The third kappa shape index (κ3) is 7.21. The van der Waals surface area contributed by atoms with E-state index in [4.69, 9.17) is 0 Å². The number of carbonyl (C=O) groups excluding carboxylic acids is 3. The molecule has 122 valence electrons. The average Bonchev–Trinajstić information content (AvgIpc) is 2.39. The van der Waals surface area contributed by atoms with E-state index in [2.05, 4.69) is 0 Å². The van der Waals surface area contributed by atoms with Crippen LogP contribution in [0.2, 0.25) is 0 Å². The summed E-state index contributed by atoms with van der Waals surface area (Å²) in [5.41, 5.74) is 0. The Hall–Kier alpha value is -0.700. The van der Waals surface area contributed by atoms with Gasteiger partial charge in [-0.2, -0.15) is 0 Å². The molecule has 1 atom stereocenters. The quantitative estimate of drug-likeness (QED) is 0.445. The topological polar surface area (TPSA) is 60.9 Å². The number of ketones is 1. The lowest BCUT2D eigenvalue weighted by Gasteiger charge is -2.30. The fourth-order valence-corrected chi connectivity index (χ4v) is 2.32. The minimum absolute atomic E-state index is 0.0509. The molecule has 0 aliphatic carbocycles. The highest BCUT2D eigenvalue weighted by Gasteiger charge is 2.31. The molecule has 0 aromatic rings. The standard InChI is InChI=1S/C14H26IN3O3/c1-10(2)13(20)17(6)12(9-11(3)19)14(21)18(15)8-7-16(4)5/h10,12H,7-9H2,1-6H3/t12-/m0/s1. The SMILES string of the molecule is CC(=O)C[C@@H](C(=O)N(I)CCN(C)C)N(C)C(=O)C(C)C. The van der Waals surface area contributed by atoms with Crippen molar-refractivity contribution in [2.75, 3.05) is 34.2 Å². The molecule has 0 bridgehead atoms. The molecule has 0 rings (SSSR count). The maximum atomic E-state index is 12.5. The van der Waals surface area contributed by atoms with Crippen molar-refractivity contribution in [1.82, 2.24) is 12.9 Å². The van der Waals surface area contributed by atoms with Crippen molar-refractivity contribution in [1.29, 1.82) is 0 Å². The fourth-order valence-electron chi connectivity index (χ4n) is 1.78. The Morgan fingerprint density at radius 3 is 1.90 bits per heavy atom. The maximum absolute atomic E-state index is 12.5. The van der Waals surface area contributed by atoms with Crippen LogP contribution in [0.15, 0.2) is 0 Å². The van der Waals surface area contributed by atoms with Gasteiger partial charge in [0.1, 0.15) is 11.8 Å². The van der Waals surface area contributed by atoms with E-state index in [9.17, 15) is 14.4 Å². The lowest BCUT2D eigenvalue weighted by atomic mass is 10.1. The first-order valence-electron chi connectivity index (χ1n) is 6.95.